The Bertz CT molecular complexity index is 1030. The van der Waals surface area contributed by atoms with Crippen LogP contribution < -0.4 is 0 Å². The SMILES string of the molecule is CCc1nc2ccccc2c(C(=O)OCC(=O)N(C)Cc2ccc(Cl)s2)c1C. The van der Waals surface area contributed by atoms with E-state index in [0.29, 0.717) is 22.9 Å². The van der Waals surface area contributed by atoms with Crippen LogP contribution in [0.3, 0.4) is 0 Å². The van der Waals surface area contributed by atoms with Crippen LogP contribution in [0, 0.1) is 6.92 Å². The summed E-state index contributed by atoms with van der Waals surface area (Å²) in [5.74, 6) is -0.781. The predicted octanol–water partition coefficient (Wildman–Crippen LogP) is 4.64. The van der Waals surface area contributed by atoms with E-state index in [2.05, 4.69) is 4.98 Å². The quantitative estimate of drug-likeness (QED) is 0.549. The summed E-state index contributed by atoms with van der Waals surface area (Å²) >= 11 is 7.34. The number of aromatic nitrogens is 1. The van der Waals surface area contributed by atoms with E-state index in [-0.39, 0.29) is 12.5 Å². The van der Waals surface area contributed by atoms with Gasteiger partial charge in [-0.25, -0.2) is 4.79 Å². The summed E-state index contributed by atoms with van der Waals surface area (Å²) in [4.78, 5) is 32.3. The van der Waals surface area contributed by atoms with Gasteiger partial charge in [0.15, 0.2) is 6.61 Å². The molecule has 0 aliphatic heterocycles. The van der Waals surface area contributed by atoms with Crippen LogP contribution in [0.5, 0.6) is 0 Å². The van der Waals surface area contributed by atoms with Gasteiger partial charge in [0.25, 0.3) is 5.91 Å². The van der Waals surface area contributed by atoms with Crippen molar-refractivity contribution in [2.75, 3.05) is 13.7 Å². The van der Waals surface area contributed by atoms with Crippen LogP contribution in [0.1, 0.15) is 33.4 Å². The summed E-state index contributed by atoms with van der Waals surface area (Å²) in [6.45, 7) is 3.97. The largest absolute Gasteiger partial charge is 0.452 e. The Morgan fingerprint density at radius 2 is 1.96 bits per heavy atom. The first-order chi connectivity index (χ1) is 13.4. The molecule has 1 amide bonds. The van der Waals surface area contributed by atoms with Crippen LogP contribution in [-0.2, 0) is 22.5 Å². The number of amides is 1. The van der Waals surface area contributed by atoms with Crippen LogP contribution in [0.25, 0.3) is 10.9 Å². The highest BCUT2D eigenvalue weighted by Gasteiger charge is 2.20. The van der Waals surface area contributed by atoms with E-state index < -0.39 is 5.97 Å². The molecule has 0 saturated heterocycles. The standard InChI is InChI=1S/C21H21ClN2O3S/c1-4-16-13(2)20(15-7-5-6-8-17(15)23-16)21(26)27-12-19(25)24(3)11-14-9-10-18(22)28-14/h5-10H,4,11-12H2,1-3H3. The highest BCUT2D eigenvalue weighted by molar-refractivity contribution is 7.16. The lowest BCUT2D eigenvalue weighted by Gasteiger charge is -2.17. The second-order valence-electron chi connectivity index (χ2n) is 6.46. The van der Waals surface area contributed by atoms with Crippen molar-refractivity contribution >= 4 is 45.7 Å². The number of carbonyl (C=O) groups is 2. The van der Waals surface area contributed by atoms with Crippen LogP contribution in [0.15, 0.2) is 36.4 Å². The lowest BCUT2D eigenvalue weighted by Crippen LogP contribution is -2.30. The first kappa shape index (κ1) is 20.3. The van der Waals surface area contributed by atoms with Gasteiger partial charge in [0.2, 0.25) is 0 Å². The van der Waals surface area contributed by atoms with Gasteiger partial charge < -0.3 is 9.64 Å². The molecule has 1 aromatic carbocycles. The number of rotatable bonds is 6. The van der Waals surface area contributed by atoms with Gasteiger partial charge in [-0.2, -0.15) is 0 Å². The molecule has 5 nitrogen and oxygen atoms in total. The zero-order chi connectivity index (χ0) is 20.3. The molecule has 0 saturated carbocycles. The van der Waals surface area contributed by atoms with Crippen molar-refractivity contribution in [3.05, 3.63) is 62.4 Å². The fourth-order valence-electron chi connectivity index (χ4n) is 3.03. The molecular weight excluding hydrogens is 396 g/mol. The number of likely N-dealkylation sites (N-methyl/N-ethyl adjacent to an activating group) is 1. The monoisotopic (exact) mass is 416 g/mol. The number of fused-ring (bicyclic) bond motifs is 1. The van der Waals surface area contributed by atoms with Crippen LogP contribution in [0.4, 0.5) is 0 Å². The molecule has 0 radical (unpaired) electrons. The van der Waals surface area contributed by atoms with E-state index in [9.17, 15) is 9.59 Å². The van der Waals surface area contributed by atoms with Gasteiger partial charge in [-0.15, -0.1) is 11.3 Å². The van der Waals surface area contributed by atoms with Crippen molar-refractivity contribution in [3.8, 4) is 0 Å². The van der Waals surface area contributed by atoms with Crippen molar-refractivity contribution in [1.82, 2.24) is 9.88 Å². The number of hydrogen-bond donors (Lipinski definition) is 0. The van der Waals surface area contributed by atoms with E-state index in [1.807, 2.05) is 44.2 Å². The number of para-hydroxylation sites is 1. The van der Waals surface area contributed by atoms with E-state index in [1.165, 1.54) is 16.2 Å². The normalized spacial score (nSPS) is 10.9. The lowest BCUT2D eigenvalue weighted by molar-refractivity contribution is -0.133. The highest BCUT2D eigenvalue weighted by atomic mass is 35.5. The maximum Gasteiger partial charge on any atom is 0.339 e. The number of ether oxygens (including phenoxy) is 1. The number of carbonyl (C=O) groups excluding carboxylic acids is 2. The zero-order valence-electron chi connectivity index (χ0n) is 16.0. The maximum absolute atomic E-state index is 12.8. The molecule has 0 spiro atoms. The molecule has 7 heteroatoms. The summed E-state index contributed by atoms with van der Waals surface area (Å²) < 4.78 is 6.04. The van der Waals surface area contributed by atoms with Gasteiger partial charge >= 0.3 is 5.97 Å². The second-order valence-corrected chi connectivity index (χ2v) is 8.26. The minimum absolute atomic E-state index is 0.274. The van der Waals surface area contributed by atoms with E-state index >= 15 is 0 Å². The van der Waals surface area contributed by atoms with Gasteiger partial charge in [0.1, 0.15) is 0 Å². The number of hydrogen-bond acceptors (Lipinski definition) is 5. The number of pyridine rings is 1. The Kier molecular flexibility index (Phi) is 6.31. The van der Waals surface area contributed by atoms with Crippen molar-refractivity contribution in [2.24, 2.45) is 0 Å². The summed E-state index contributed by atoms with van der Waals surface area (Å²) in [5.41, 5.74) is 2.86. The average Bonchev–Trinajstić information content (AvgIpc) is 3.09. The Balaban J connectivity index is 1.74. The minimum Gasteiger partial charge on any atom is -0.452 e. The van der Waals surface area contributed by atoms with Gasteiger partial charge in [0, 0.05) is 23.0 Å². The first-order valence-corrected chi connectivity index (χ1v) is 10.1. The van der Waals surface area contributed by atoms with Gasteiger partial charge in [-0.1, -0.05) is 36.7 Å². The van der Waals surface area contributed by atoms with Crippen molar-refractivity contribution in [2.45, 2.75) is 26.8 Å². The van der Waals surface area contributed by atoms with E-state index in [4.69, 9.17) is 16.3 Å². The van der Waals surface area contributed by atoms with Crippen LogP contribution in [0.2, 0.25) is 4.34 Å². The van der Waals surface area contributed by atoms with Gasteiger partial charge in [-0.3, -0.25) is 9.78 Å². The number of benzene rings is 1. The third-order valence-corrected chi connectivity index (χ3v) is 5.77. The maximum atomic E-state index is 12.8. The van der Waals surface area contributed by atoms with Crippen LogP contribution >= 0.6 is 22.9 Å². The number of esters is 1. The summed E-state index contributed by atoms with van der Waals surface area (Å²) in [7, 11) is 1.67. The molecule has 3 aromatic rings. The topological polar surface area (TPSA) is 59.5 Å². The lowest BCUT2D eigenvalue weighted by atomic mass is 10.0. The molecular formula is C21H21ClN2O3S. The van der Waals surface area contributed by atoms with Crippen molar-refractivity contribution < 1.29 is 14.3 Å². The van der Waals surface area contributed by atoms with Crippen molar-refractivity contribution in [1.29, 1.82) is 0 Å². The molecule has 146 valence electrons. The first-order valence-electron chi connectivity index (χ1n) is 8.94. The number of thiophene rings is 1. The molecule has 0 aliphatic carbocycles. The molecule has 2 aromatic heterocycles. The van der Waals surface area contributed by atoms with Gasteiger partial charge in [0.05, 0.1) is 22.0 Å². The predicted molar refractivity (Wildman–Crippen MR) is 112 cm³/mol. The molecule has 0 unspecified atom stereocenters. The number of nitrogens with zero attached hydrogens (tertiary/aromatic N) is 2. The highest BCUT2D eigenvalue weighted by Crippen LogP contribution is 2.25. The zero-order valence-corrected chi connectivity index (χ0v) is 17.6. The van der Waals surface area contributed by atoms with Crippen LogP contribution in [-0.4, -0.2) is 35.4 Å². The molecule has 3 rings (SSSR count). The molecule has 0 aliphatic rings. The molecule has 2 heterocycles. The van der Waals surface area contributed by atoms with Crippen molar-refractivity contribution in [3.63, 3.8) is 0 Å². The fraction of sp³-hybridized carbons (Fsp3) is 0.286. The van der Waals surface area contributed by atoms with E-state index in [0.717, 1.165) is 27.0 Å². The van der Waals surface area contributed by atoms with Gasteiger partial charge in [-0.05, 0) is 37.1 Å². The van der Waals surface area contributed by atoms with E-state index in [1.54, 1.807) is 13.1 Å². The third-order valence-electron chi connectivity index (χ3n) is 4.55. The molecule has 0 N–H and O–H groups in total. The number of halogens is 1. The Morgan fingerprint density at radius 1 is 1.21 bits per heavy atom. The second kappa shape index (κ2) is 8.71. The molecule has 0 atom stereocenters. The minimum atomic E-state index is -0.508. The fourth-order valence-corrected chi connectivity index (χ4v) is 4.17. The summed E-state index contributed by atoms with van der Waals surface area (Å²) in [6, 6.07) is 11.1. The Morgan fingerprint density at radius 3 is 2.64 bits per heavy atom. The Labute approximate surface area is 172 Å². The molecule has 0 bridgehead atoms. The average molecular weight is 417 g/mol. The molecule has 28 heavy (non-hydrogen) atoms. The number of aryl methyl sites for hydroxylation is 1. The molecule has 0 fully saturated rings. The smallest absolute Gasteiger partial charge is 0.339 e. The summed E-state index contributed by atoms with van der Waals surface area (Å²) in [6.07, 6.45) is 0.710. The summed E-state index contributed by atoms with van der Waals surface area (Å²) in [5, 5.41) is 0.733. The third kappa shape index (κ3) is 4.34. The Hall–Kier alpha value is -2.44.